The van der Waals surface area contributed by atoms with E-state index in [-0.39, 0.29) is 17.0 Å². The molecule has 1 aromatic carbocycles. The summed E-state index contributed by atoms with van der Waals surface area (Å²) in [5.41, 5.74) is 2.21. The van der Waals surface area contributed by atoms with Crippen LogP contribution in [0.2, 0.25) is 5.02 Å². The van der Waals surface area contributed by atoms with Crippen LogP contribution in [0.15, 0.2) is 29.1 Å². The van der Waals surface area contributed by atoms with Crippen molar-refractivity contribution in [2.45, 2.75) is 33.1 Å². The lowest BCUT2D eigenvalue weighted by molar-refractivity contribution is 0.631. The summed E-state index contributed by atoms with van der Waals surface area (Å²) in [6, 6.07) is 6.00. The second-order valence-electron chi connectivity index (χ2n) is 5.08. The van der Waals surface area contributed by atoms with Gasteiger partial charge in [0.05, 0.1) is 5.56 Å². The first-order valence-electron chi connectivity index (χ1n) is 6.65. The average molecular weight is 294 g/mol. The van der Waals surface area contributed by atoms with Crippen LogP contribution in [-0.4, -0.2) is 4.98 Å². The fourth-order valence-electron chi connectivity index (χ4n) is 2.30. The van der Waals surface area contributed by atoms with E-state index in [1.807, 2.05) is 20.8 Å². The highest BCUT2D eigenvalue weighted by atomic mass is 35.5. The van der Waals surface area contributed by atoms with E-state index in [0.29, 0.717) is 10.6 Å². The molecule has 0 aliphatic heterocycles. The maximum Gasteiger partial charge on any atom is 0.256 e. The first kappa shape index (κ1) is 14.8. The van der Waals surface area contributed by atoms with Crippen LogP contribution in [0.4, 0.5) is 4.39 Å². The third-order valence-corrected chi connectivity index (χ3v) is 3.57. The summed E-state index contributed by atoms with van der Waals surface area (Å²) in [5.74, 6) is -0.227. The monoisotopic (exact) mass is 293 g/mol. The van der Waals surface area contributed by atoms with Crippen LogP contribution in [0.1, 0.15) is 37.9 Å². The number of hydrogen-bond donors (Lipinski definition) is 1. The maximum absolute atomic E-state index is 13.9. The molecule has 1 N–H and O–H groups in total. The largest absolute Gasteiger partial charge is 0.325 e. The molecule has 2 aromatic rings. The van der Waals surface area contributed by atoms with Crippen molar-refractivity contribution in [3.63, 3.8) is 0 Å². The minimum Gasteiger partial charge on any atom is -0.325 e. The molecule has 0 spiro atoms. The highest BCUT2D eigenvalue weighted by molar-refractivity contribution is 6.30. The van der Waals surface area contributed by atoms with E-state index < -0.39 is 5.82 Å². The van der Waals surface area contributed by atoms with Crippen molar-refractivity contribution in [1.82, 2.24) is 4.98 Å². The zero-order valence-electron chi connectivity index (χ0n) is 11.8. The Balaban J connectivity index is 2.69. The van der Waals surface area contributed by atoms with Gasteiger partial charge in [0.1, 0.15) is 5.82 Å². The molecule has 0 atom stereocenters. The van der Waals surface area contributed by atoms with E-state index >= 15 is 0 Å². The minimum absolute atomic E-state index is 0.218. The Morgan fingerprint density at radius 1 is 1.25 bits per heavy atom. The van der Waals surface area contributed by atoms with Crippen LogP contribution in [0.25, 0.3) is 11.1 Å². The van der Waals surface area contributed by atoms with E-state index in [2.05, 4.69) is 4.98 Å². The van der Waals surface area contributed by atoms with Gasteiger partial charge in [-0.05, 0) is 42.2 Å². The van der Waals surface area contributed by atoms with Crippen LogP contribution in [-0.2, 0) is 6.42 Å². The lowest BCUT2D eigenvalue weighted by Crippen LogP contribution is -2.15. The summed E-state index contributed by atoms with van der Waals surface area (Å²) in [6.07, 6.45) is 0.777. The maximum atomic E-state index is 13.9. The second kappa shape index (κ2) is 5.80. The topological polar surface area (TPSA) is 32.9 Å². The van der Waals surface area contributed by atoms with Gasteiger partial charge < -0.3 is 4.98 Å². The summed E-state index contributed by atoms with van der Waals surface area (Å²) >= 11 is 5.90. The third kappa shape index (κ3) is 2.78. The molecule has 106 valence electrons. The number of aromatic amines is 1. The number of hydrogen-bond acceptors (Lipinski definition) is 1. The van der Waals surface area contributed by atoms with Crippen molar-refractivity contribution in [1.29, 1.82) is 0 Å². The van der Waals surface area contributed by atoms with Crippen molar-refractivity contribution in [2.24, 2.45) is 0 Å². The van der Waals surface area contributed by atoms with E-state index in [9.17, 15) is 9.18 Å². The van der Waals surface area contributed by atoms with Crippen molar-refractivity contribution >= 4 is 11.6 Å². The second-order valence-corrected chi connectivity index (χ2v) is 5.52. The first-order valence-corrected chi connectivity index (χ1v) is 7.03. The van der Waals surface area contributed by atoms with Crippen LogP contribution in [0.5, 0.6) is 0 Å². The molecule has 0 aliphatic carbocycles. The minimum atomic E-state index is -0.445. The van der Waals surface area contributed by atoms with Crippen LogP contribution in [0, 0.1) is 5.82 Å². The summed E-state index contributed by atoms with van der Waals surface area (Å²) in [7, 11) is 0. The molecular formula is C16H17ClFNO. The molecule has 0 fully saturated rings. The number of aryl methyl sites for hydroxylation is 1. The van der Waals surface area contributed by atoms with Crippen LogP contribution < -0.4 is 5.56 Å². The molecule has 0 radical (unpaired) electrons. The molecule has 2 rings (SSSR count). The zero-order chi connectivity index (χ0) is 14.9. The number of halogens is 2. The number of rotatable bonds is 3. The molecule has 0 saturated carbocycles. The van der Waals surface area contributed by atoms with Crippen LogP contribution >= 0.6 is 11.6 Å². The Morgan fingerprint density at radius 2 is 1.95 bits per heavy atom. The molecule has 2 nitrogen and oxygen atoms in total. The molecule has 1 aromatic heterocycles. The van der Waals surface area contributed by atoms with Crippen molar-refractivity contribution in [3.8, 4) is 11.1 Å². The van der Waals surface area contributed by atoms with E-state index in [4.69, 9.17) is 11.6 Å². The number of nitrogens with one attached hydrogen (secondary N) is 1. The third-order valence-electron chi connectivity index (χ3n) is 3.33. The lowest BCUT2D eigenvalue weighted by atomic mass is 9.97. The molecular weight excluding hydrogens is 277 g/mol. The van der Waals surface area contributed by atoms with Crippen LogP contribution in [0.3, 0.4) is 0 Å². The number of benzene rings is 1. The van der Waals surface area contributed by atoms with Gasteiger partial charge >= 0.3 is 0 Å². The molecule has 0 aliphatic rings. The SMILES string of the molecule is CCc1cc(-c2cc(Cl)ccc2F)c(=O)[nH]c1C(C)C. The van der Waals surface area contributed by atoms with Gasteiger partial charge in [-0.1, -0.05) is 32.4 Å². The van der Waals surface area contributed by atoms with E-state index in [1.165, 1.54) is 18.2 Å². The fourth-order valence-corrected chi connectivity index (χ4v) is 2.47. The average Bonchev–Trinajstić information content (AvgIpc) is 2.41. The predicted octanol–water partition coefficient (Wildman–Crippen LogP) is 4.52. The summed E-state index contributed by atoms with van der Waals surface area (Å²) < 4.78 is 13.9. The Hall–Kier alpha value is -1.61. The van der Waals surface area contributed by atoms with Gasteiger partial charge in [0, 0.05) is 16.3 Å². The van der Waals surface area contributed by atoms with Gasteiger partial charge in [-0.3, -0.25) is 4.79 Å². The Bertz CT molecular complexity index is 691. The highest BCUT2D eigenvalue weighted by Crippen LogP contribution is 2.26. The van der Waals surface area contributed by atoms with E-state index in [1.54, 1.807) is 6.07 Å². The van der Waals surface area contributed by atoms with Crippen molar-refractivity contribution in [3.05, 3.63) is 56.7 Å². The van der Waals surface area contributed by atoms with Crippen molar-refractivity contribution in [2.75, 3.05) is 0 Å². The van der Waals surface area contributed by atoms with Gasteiger partial charge in [-0.15, -0.1) is 0 Å². The molecule has 0 amide bonds. The van der Waals surface area contributed by atoms with Gasteiger partial charge in [0.25, 0.3) is 5.56 Å². The Labute approximate surface area is 122 Å². The first-order chi connectivity index (χ1) is 9.43. The predicted molar refractivity (Wildman–Crippen MR) is 80.9 cm³/mol. The van der Waals surface area contributed by atoms with E-state index in [0.717, 1.165) is 17.7 Å². The zero-order valence-corrected chi connectivity index (χ0v) is 12.5. The normalized spacial score (nSPS) is 11.1. The molecule has 0 unspecified atom stereocenters. The van der Waals surface area contributed by atoms with Crippen molar-refractivity contribution < 1.29 is 4.39 Å². The number of aromatic nitrogens is 1. The summed E-state index contributed by atoms with van der Waals surface area (Å²) in [5, 5.41) is 0.409. The summed E-state index contributed by atoms with van der Waals surface area (Å²) in [4.78, 5) is 15.1. The smallest absolute Gasteiger partial charge is 0.256 e. The van der Waals surface area contributed by atoms with Gasteiger partial charge in [-0.25, -0.2) is 4.39 Å². The molecule has 0 bridgehead atoms. The molecule has 4 heteroatoms. The number of H-pyrrole nitrogens is 1. The van der Waals surface area contributed by atoms with Gasteiger partial charge in [0.2, 0.25) is 0 Å². The Morgan fingerprint density at radius 3 is 2.55 bits per heavy atom. The van der Waals surface area contributed by atoms with Gasteiger partial charge in [-0.2, -0.15) is 0 Å². The standard InChI is InChI=1S/C16H17ClFNO/c1-4-10-7-13(16(20)19-15(10)9(2)3)12-8-11(17)5-6-14(12)18/h5-9H,4H2,1-3H3,(H,19,20). The Kier molecular flexibility index (Phi) is 4.29. The highest BCUT2D eigenvalue weighted by Gasteiger charge is 2.14. The molecule has 1 heterocycles. The van der Waals surface area contributed by atoms with Gasteiger partial charge in [0.15, 0.2) is 0 Å². The lowest BCUT2D eigenvalue weighted by Gasteiger charge is -2.13. The molecule has 20 heavy (non-hydrogen) atoms. The summed E-state index contributed by atoms with van der Waals surface area (Å²) in [6.45, 7) is 6.05. The fraction of sp³-hybridized carbons (Fsp3) is 0.312. The quantitative estimate of drug-likeness (QED) is 0.886. The number of pyridine rings is 1. The molecule has 0 saturated heterocycles.